The molecule has 0 aliphatic carbocycles. The van der Waals surface area contributed by atoms with Gasteiger partial charge in [-0.05, 0) is 63.2 Å². The third-order valence-electron chi connectivity index (χ3n) is 4.48. The van der Waals surface area contributed by atoms with E-state index >= 15 is 0 Å². The summed E-state index contributed by atoms with van der Waals surface area (Å²) in [5.41, 5.74) is 4.17. The molecule has 0 spiro atoms. The van der Waals surface area contributed by atoms with E-state index in [0.717, 1.165) is 28.1 Å². The van der Waals surface area contributed by atoms with Gasteiger partial charge in [0.2, 0.25) is 11.8 Å². The molecule has 0 aliphatic rings. The Kier molecular flexibility index (Phi) is 8.21. The third kappa shape index (κ3) is 7.95. The number of benzene rings is 2. The molecule has 2 rings (SSSR count). The summed E-state index contributed by atoms with van der Waals surface area (Å²) in [6.07, 6.45) is 0. The van der Waals surface area contributed by atoms with Crippen molar-refractivity contribution in [3.8, 4) is 5.75 Å². The lowest BCUT2D eigenvalue weighted by Crippen LogP contribution is -2.41. The molecule has 0 atom stereocenters. The standard InChI is InChI=1S/C23H31N3O3/c1-17-6-8-20(9-7-17)24-22(27)15-26(5)23(28)16-25(4)10-11-29-21-13-18(2)12-19(3)14-21/h6-9,12-14H,10-11,15-16H2,1-5H3,(H,24,27). The molecule has 2 aromatic carbocycles. The molecule has 156 valence electrons. The fourth-order valence-corrected chi connectivity index (χ4v) is 2.91. The van der Waals surface area contributed by atoms with Gasteiger partial charge in [-0.2, -0.15) is 0 Å². The van der Waals surface area contributed by atoms with Crippen LogP contribution in [0.4, 0.5) is 5.69 Å². The van der Waals surface area contributed by atoms with Gasteiger partial charge in [0, 0.05) is 19.3 Å². The normalized spacial score (nSPS) is 10.7. The third-order valence-corrected chi connectivity index (χ3v) is 4.48. The summed E-state index contributed by atoms with van der Waals surface area (Å²) in [4.78, 5) is 27.8. The minimum atomic E-state index is -0.217. The van der Waals surface area contributed by atoms with Crippen LogP contribution in [-0.2, 0) is 9.59 Å². The highest BCUT2D eigenvalue weighted by atomic mass is 16.5. The van der Waals surface area contributed by atoms with Gasteiger partial charge in [0.05, 0.1) is 13.1 Å². The number of aryl methyl sites for hydroxylation is 3. The molecule has 29 heavy (non-hydrogen) atoms. The van der Waals surface area contributed by atoms with Crippen molar-refractivity contribution in [2.75, 3.05) is 45.7 Å². The van der Waals surface area contributed by atoms with E-state index in [-0.39, 0.29) is 24.9 Å². The Morgan fingerprint density at radius 1 is 0.897 bits per heavy atom. The highest BCUT2D eigenvalue weighted by Gasteiger charge is 2.15. The van der Waals surface area contributed by atoms with Crippen LogP contribution >= 0.6 is 0 Å². The van der Waals surface area contributed by atoms with E-state index in [4.69, 9.17) is 4.74 Å². The average molecular weight is 398 g/mol. The van der Waals surface area contributed by atoms with Crippen molar-refractivity contribution in [2.45, 2.75) is 20.8 Å². The Morgan fingerprint density at radius 3 is 2.14 bits per heavy atom. The quantitative estimate of drug-likeness (QED) is 0.707. The average Bonchev–Trinajstić information content (AvgIpc) is 2.62. The zero-order valence-corrected chi connectivity index (χ0v) is 18.0. The van der Waals surface area contributed by atoms with Crippen molar-refractivity contribution < 1.29 is 14.3 Å². The van der Waals surface area contributed by atoms with Crippen LogP contribution in [0, 0.1) is 20.8 Å². The maximum absolute atomic E-state index is 12.4. The van der Waals surface area contributed by atoms with Crippen LogP contribution in [0.1, 0.15) is 16.7 Å². The number of carbonyl (C=O) groups is 2. The molecular weight excluding hydrogens is 366 g/mol. The molecule has 6 heteroatoms. The van der Waals surface area contributed by atoms with Crippen LogP contribution in [-0.4, -0.2) is 62.0 Å². The predicted octanol–water partition coefficient (Wildman–Crippen LogP) is 3.02. The van der Waals surface area contributed by atoms with Crippen molar-refractivity contribution in [1.82, 2.24) is 9.80 Å². The Bertz CT molecular complexity index is 814. The molecule has 0 fully saturated rings. The fourth-order valence-electron chi connectivity index (χ4n) is 2.91. The highest BCUT2D eigenvalue weighted by Crippen LogP contribution is 2.16. The maximum atomic E-state index is 12.4. The number of carbonyl (C=O) groups excluding carboxylic acids is 2. The van der Waals surface area contributed by atoms with Gasteiger partial charge in [-0.25, -0.2) is 0 Å². The van der Waals surface area contributed by atoms with Gasteiger partial charge in [-0.1, -0.05) is 23.8 Å². The first-order chi connectivity index (χ1) is 13.7. The first-order valence-corrected chi connectivity index (χ1v) is 9.73. The summed E-state index contributed by atoms with van der Waals surface area (Å²) in [6, 6.07) is 13.6. The first kappa shape index (κ1) is 22.4. The van der Waals surface area contributed by atoms with E-state index in [1.807, 2.05) is 69.1 Å². The SMILES string of the molecule is Cc1ccc(NC(=O)CN(C)C(=O)CN(C)CCOc2cc(C)cc(C)c2)cc1. The molecule has 1 N–H and O–H groups in total. The van der Waals surface area contributed by atoms with E-state index in [0.29, 0.717) is 13.2 Å². The summed E-state index contributed by atoms with van der Waals surface area (Å²) in [6.45, 7) is 7.41. The summed E-state index contributed by atoms with van der Waals surface area (Å²) in [7, 11) is 3.50. The van der Waals surface area contributed by atoms with E-state index in [1.54, 1.807) is 7.05 Å². The fraction of sp³-hybridized carbons (Fsp3) is 0.391. The summed E-state index contributed by atoms with van der Waals surface area (Å²) >= 11 is 0. The Labute approximate surface area is 173 Å². The monoisotopic (exact) mass is 397 g/mol. The summed E-state index contributed by atoms with van der Waals surface area (Å²) in [5.74, 6) is 0.510. The topological polar surface area (TPSA) is 61.9 Å². The van der Waals surface area contributed by atoms with Crippen molar-refractivity contribution in [3.63, 3.8) is 0 Å². The van der Waals surface area contributed by atoms with Crippen LogP contribution in [0.2, 0.25) is 0 Å². The largest absolute Gasteiger partial charge is 0.492 e. The molecule has 0 bridgehead atoms. The van der Waals surface area contributed by atoms with Crippen LogP contribution in [0.5, 0.6) is 5.75 Å². The molecule has 2 amide bonds. The summed E-state index contributed by atoms with van der Waals surface area (Å²) in [5, 5.41) is 2.80. The molecule has 0 saturated heterocycles. The lowest BCUT2D eigenvalue weighted by atomic mass is 10.1. The van der Waals surface area contributed by atoms with Crippen molar-refractivity contribution in [3.05, 3.63) is 59.2 Å². The van der Waals surface area contributed by atoms with Gasteiger partial charge in [-0.15, -0.1) is 0 Å². The summed E-state index contributed by atoms with van der Waals surface area (Å²) < 4.78 is 5.79. The molecule has 0 heterocycles. The number of amides is 2. The lowest BCUT2D eigenvalue weighted by molar-refractivity contribution is -0.134. The van der Waals surface area contributed by atoms with Gasteiger partial charge in [0.1, 0.15) is 12.4 Å². The Balaban J connectivity index is 1.71. The maximum Gasteiger partial charge on any atom is 0.243 e. The van der Waals surface area contributed by atoms with Gasteiger partial charge in [0.25, 0.3) is 0 Å². The highest BCUT2D eigenvalue weighted by molar-refractivity contribution is 5.94. The van der Waals surface area contributed by atoms with Crippen LogP contribution in [0.3, 0.4) is 0 Å². The van der Waals surface area contributed by atoms with Gasteiger partial charge in [0.15, 0.2) is 0 Å². The van der Waals surface area contributed by atoms with Crippen molar-refractivity contribution in [1.29, 1.82) is 0 Å². The number of likely N-dealkylation sites (N-methyl/N-ethyl adjacent to an activating group) is 2. The number of ether oxygens (including phenoxy) is 1. The molecule has 6 nitrogen and oxygen atoms in total. The second-order valence-corrected chi connectivity index (χ2v) is 7.57. The minimum absolute atomic E-state index is 0.0135. The van der Waals surface area contributed by atoms with Gasteiger partial charge in [-0.3, -0.25) is 14.5 Å². The molecular formula is C23H31N3O3. The van der Waals surface area contributed by atoms with Crippen molar-refractivity contribution >= 4 is 17.5 Å². The minimum Gasteiger partial charge on any atom is -0.492 e. The molecule has 0 aliphatic heterocycles. The Morgan fingerprint density at radius 2 is 1.52 bits per heavy atom. The number of hydrogen-bond donors (Lipinski definition) is 1. The number of nitrogens with zero attached hydrogens (tertiary/aromatic N) is 2. The van der Waals surface area contributed by atoms with Gasteiger partial charge >= 0.3 is 0 Å². The number of nitrogens with one attached hydrogen (secondary N) is 1. The Hall–Kier alpha value is -2.86. The second kappa shape index (κ2) is 10.6. The second-order valence-electron chi connectivity index (χ2n) is 7.57. The molecule has 0 aromatic heterocycles. The smallest absolute Gasteiger partial charge is 0.243 e. The van der Waals surface area contributed by atoms with E-state index in [2.05, 4.69) is 11.4 Å². The molecule has 0 radical (unpaired) electrons. The molecule has 0 saturated carbocycles. The van der Waals surface area contributed by atoms with E-state index in [1.165, 1.54) is 4.90 Å². The number of hydrogen-bond acceptors (Lipinski definition) is 4. The first-order valence-electron chi connectivity index (χ1n) is 9.73. The molecule has 2 aromatic rings. The van der Waals surface area contributed by atoms with Crippen LogP contribution in [0.25, 0.3) is 0 Å². The number of anilines is 1. The lowest BCUT2D eigenvalue weighted by Gasteiger charge is -2.21. The van der Waals surface area contributed by atoms with Crippen LogP contribution in [0.15, 0.2) is 42.5 Å². The van der Waals surface area contributed by atoms with E-state index in [9.17, 15) is 9.59 Å². The zero-order chi connectivity index (χ0) is 21.4. The zero-order valence-electron chi connectivity index (χ0n) is 18.0. The van der Waals surface area contributed by atoms with E-state index < -0.39 is 0 Å². The van der Waals surface area contributed by atoms with Crippen molar-refractivity contribution in [2.24, 2.45) is 0 Å². The predicted molar refractivity (Wildman–Crippen MR) is 116 cm³/mol. The van der Waals surface area contributed by atoms with Crippen LogP contribution < -0.4 is 10.1 Å². The van der Waals surface area contributed by atoms with Gasteiger partial charge < -0.3 is 15.0 Å². The molecule has 0 unspecified atom stereocenters. The number of rotatable bonds is 9.